The lowest BCUT2D eigenvalue weighted by Crippen LogP contribution is -2.19. The third-order valence-electron chi connectivity index (χ3n) is 4.05. The van der Waals surface area contributed by atoms with Crippen LogP contribution in [-0.4, -0.2) is 32.1 Å². The molecule has 0 saturated carbocycles. The van der Waals surface area contributed by atoms with E-state index in [9.17, 15) is 0 Å². The number of halogens is 1. The summed E-state index contributed by atoms with van der Waals surface area (Å²) in [5.41, 5.74) is 2.50. The molecule has 1 atom stereocenters. The van der Waals surface area contributed by atoms with Gasteiger partial charge in [0.15, 0.2) is 0 Å². The van der Waals surface area contributed by atoms with Gasteiger partial charge in [0.05, 0.1) is 0 Å². The topological polar surface area (TPSA) is 12.5 Å². The minimum Gasteiger partial charge on any atom is -0.492 e. The molecule has 3 rings (SSSR count). The van der Waals surface area contributed by atoms with E-state index in [1.165, 1.54) is 16.0 Å². The van der Waals surface area contributed by atoms with Crippen LogP contribution in [0.25, 0.3) is 0 Å². The number of nitrogens with zero attached hydrogens (tertiary/aromatic N) is 1. The summed E-state index contributed by atoms with van der Waals surface area (Å²) in [5, 5.41) is 2.88. The molecule has 0 spiro atoms. The maximum absolute atomic E-state index is 6.06. The van der Waals surface area contributed by atoms with Crippen molar-refractivity contribution in [3.63, 3.8) is 0 Å². The van der Waals surface area contributed by atoms with Crippen LogP contribution in [-0.2, 0) is 0 Å². The minimum absolute atomic E-state index is 0.216. The van der Waals surface area contributed by atoms with Crippen LogP contribution >= 0.6 is 22.9 Å². The number of benzene rings is 2. The van der Waals surface area contributed by atoms with E-state index in [2.05, 4.69) is 58.8 Å². The summed E-state index contributed by atoms with van der Waals surface area (Å²) in [5.74, 6) is 1.12. The Bertz CT molecular complexity index is 767. The second kappa shape index (κ2) is 8.52. The summed E-state index contributed by atoms with van der Waals surface area (Å²) >= 11 is 7.84. The average Bonchev–Trinajstić information content (AvgIpc) is 3.12. The van der Waals surface area contributed by atoms with Crippen LogP contribution in [0.2, 0.25) is 5.02 Å². The molecule has 0 aliphatic carbocycles. The molecular weight excluding hydrogens is 350 g/mol. The predicted molar refractivity (Wildman–Crippen MR) is 107 cm³/mol. The van der Waals surface area contributed by atoms with Crippen LogP contribution < -0.4 is 4.74 Å². The highest BCUT2D eigenvalue weighted by molar-refractivity contribution is 7.10. The lowest BCUT2D eigenvalue weighted by molar-refractivity contribution is 0.261. The molecule has 0 radical (unpaired) electrons. The largest absolute Gasteiger partial charge is 0.492 e. The van der Waals surface area contributed by atoms with E-state index in [4.69, 9.17) is 16.3 Å². The molecule has 4 heteroatoms. The summed E-state index contributed by atoms with van der Waals surface area (Å²) in [6.45, 7) is 1.60. The Morgan fingerprint density at radius 2 is 1.60 bits per heavy atom. The zero-order valence-electron chi connectivity index (χ0n) is 14.5. The highest BCUT2D eigenvalue weighted by Crippen LogP contribution is 2.35. The molecule has 1 heterocycles. The van der Waals surface area contributed by atoms with Gasteiger partial charge in [-0.25, -0.2) is 0 Å². The molecule has 0 N–H and O–H groups in total. The number of rotatable bonds is 7. The lowest BCUT2D eigenvalue weighted by Gasteiger charge is -2.18. The second-order valence-electron chi connectivity index (χ2n) is 6.22. The number of likely N-dealkylation sites (N-methyl/N-ethyl adjacent to an activating group) is 1. The zero-order valence-corrected chi connectivity index (χ0v) is 16.1. The van der Waals surface area contributed by atoms with Crippen LogP contribution in [0.1, 0.15) is 21.9 Å². The van der Waals surface area contributed by atoms with Gasteiger partial charge in [0, 0.05) is 22.4 Å². The van der Waals surface area contributed by atoms with Crippen molar-refractivity contribution in [1.29, 1.82) is 0 Å². The van der Waals surface area contributed by atoms with Gasteiger partial charge in [-0.1, -0.05) is 41.9 Å². The summed E-state index contributed by atoms with van der Waals surface area (Å²) in [6.07, 6.45) is 0. The molecule has 0 bridgehead atoms. The minimum atomic E-state index is 0.216. The molecule has 2 aromatic carbocycles. The molecule has 0 aliphatic heterocycles. The first-order chi connectivity index (χ1) is 12.1. The van der Waals surface area contributed by atoms with Crippen LogP contribution in [0.15, 0.2) is 66.0 Å². The number of hydrogen-bond donors (Lipinski definition) is 0. The molecule has 0 amide bonds. The van der Waals surface area contributed by atoms with Gasteiger partial charge in [-0.3, -0.25) is 0 Å². The van der Waals surface area contributed by atoms with Crippen molar-refractivity contribution in [2.75, 3.05) is 27.2 Å². The first kappa shape index (κ1) is 18.0. The summed E-state index contributed by atoms with van der Waals surface area (Å²) in [6, 6.07) is 20.8. The van der Waals surface area contributed by atoms with Crippen molar-refractivity contribution < 1.29 is 4.74 Å². The first-order valence-corrected chi connectivity index (χ1v) is 9.55. The molecule has 1 aromatic heterocycles. The van der Waals surface area contributed by atoms with Crippen molar-refractivity contribution in [3.05, 3.63) is 87.1 Å². The van der Waals surface area contributed by atoms with E-state index >= 15 is 0 Å². The average molecular weight is 372 g/mol. The van der Waals surface area contributed by atoms with Crippen molar-refractivity contribution >= 4 is 22.9 Å². The molecule has 1 unspecified atom stereocenters. The lowest BCUT2D eigenvalue weighted by atomic mass is 9.90. The highest BCUT2D eigenvalue weighted by atomic mass is 35.5. The van der Waals surface area contributed by atoms with Gasteiger partial charge < -0.3 is 9.64 Å². The van der Waals surface area contributed by atoms with Gasteiger partial charge >= 0.3 is 0 Å². The fourth-order valence-electron chi connectivity index (χ4n) is 2.73. The van der Waals surface area contributed by atoms with E-state index < -0.39 is 0 Å². The Morgan fingerprint density at radius 1 is 0.960 bits per heavy atom. The maximum atomic E-state index is 6.06. The standard InChI is InChI=1S/C21H22ClNOS/c1-23(2)13-14-24-19-11-7-17(8-12-19)21(20-4-3-15-25-20)16-5-9-18(22)10-6-16/h3-12,15,21H,13-14H2,1-2H3. The quantitative estimate of drug-likeness (QED) is 0.542. The fraction of sp³-hybridized carbons (Fsp3) is 0.238. The number of hydrogen-bond acceptors (Lipinski definition) is 3. The van der Waals surface area contributed by atoms with Gasteiger partial charge in [0.1, 0.15) is 12.4 Å². The highest BCUT2D eigenvalue weighted by Gasteiger charge is 2.17. The monoisotopic (exact) mass is 371 g/mol. The number of ether oxygens (including phenoxy) is 1. The Morgan fingerprint density at radius 3 is 2.16 bits per heavy atom. The first-order valence-electron chi connectivity index (χ1n) is 8.30. The van der Waals surface area contributed by atoms with Gasteiger partial charge in [-0.05, 0) is 60.9 Å². The van der Waals surface area contributed by atoms with Crippen LogP contribution in [0.3, 0.4) is 0 Å². The van der Waals surface area contributed by atoms with E-state index in [0.717, 1.165) is 17.3 Å². The van der Waals surface area contributed by atoms with Crippen molar-refractivity contribution in [1.82, 2.24) is 4.90 Å². The molecule has 2 nitrogen and oxygen atoms in total. The Kier molecular flexibility index (Phi) is 6.14. The Balaban J connectivity index is 1.83. The van der Waals surface area contributed by atoms with Crippen molar-refractivity contribution in [2.24, 2.45) is 0 Å². The van der Waals surface area contributed by atoms with Gasteiger partial charge in [-0.2, -0.15) is 0 Å². The van der Waals surface area contributed by atoms with Crippen LogP contribution in [0, 0.1) is 0 Å². The molecule has 0 saturated heterocycles. The van der Waals surface area contributed by atoms with Crippen LogP contribution in [0.5, 0.6) is 5.75 Å². The third-order valence-corrected chi connectivity index (χ3v) is 5.24. The fourth-order valence-corrected chi connectivity index (χ4v) is 3.74. The second-order valence-corrected chi connectivity index (χ2v) is 7.64. The van der Waals surface area contributed by atoms with Crippen molar-refractivity contribution in [2.45, 2.75) is 5.92 Å². The van der Waals surface area contributed by atoms with Gasteiger partial charge in [0.25, 0.3) is 0 Å². The molecule has 25 heavy (non-hydrogen) atoms. The SMILES string of the molecule is CN(C)CCOc1ccc(C(c2ccc(Cl)cc2)c2cccs2)cc1. The normalized spacial score (nSPS) is 12.3. The van der Waals surface area contributed by atoms with E-state index in [1.54, 1.807) is 11.3 Å². The maximum Gasteiger partial charge on any atom is 0.119 e. The van der Waals surface area contributed by atoms with E-state index in [1.807, 2.05) is 26.2 Å². The molecule has 130 valence electrons. The van der Waals surface area contributed by atoms with E-state index in [0.29, 0.717) is 6.61 Å². The third kappa shape index (κ3) is 4.85. The summed E-state index contributed by atoms with van der Waals surface area (Å²) in [7, 11) is 4.09. The smallest absolute Gasteiger partial charge is 0.119 e. The summed E-state index contributed by atoms with van der Waals surface area (Å²) in [4.78, 5) is 3.44. The molecule has 0 aliphatic rings. The summed E-state index contributed by atoms with van der Waals surface area (Å²) < 4.78 is 5.81. The Hall–Kier alpha value is -1.81. The van der Waals surface area contributed by atoms with Crippen LogP contribution in [0.4, 0.5) is 0 Å². The van der Waals surface area contributed by atoms with Gasteiger partial charge in [-0.15, -0.1) is 11.3 Å². The zero-order chi connectivity index (χ0) is 17.6. The predicted octanol–water partition coefficient (Wildman–Crippen LogP) is 5.52. The molecule has 3 aromatic rings. The van der Waals surface area contributed by atoms with Crippen molar-refractivity contribution in [3.8, 4) is 5.75 Å². The molecular formula is C21H22ClNOS. The van der Waals surface area contributed by atoms with E-state index in [-0.39, 0.29) is 5.92 Å². The number of thiophene rings is 1. The Labute approximate surface area is 158 Å². The van der Waals surface area contributed by atoms with Gasteiger partial charge in [0.2, 0.25) is 0 Å². The molecule has 0 fully saturated rings.